The molecule has 1 saturated carbocycles. The van der Waals surface area contributed by atoms with Gasteiger partial charge in [0, 0.05) is 0 Å². The van der Waals surface area contributed by atoms with Gasteiger partial charge in [0.15, 0.2) is 0 Å². The molecule has 1 rings (SSSR count). The second kappa shape index (κ2) is 6.11. The standard InChI is InChI=1S/C13H27P/c1-4-8-13(9-5-2)10-6-7-12(11-13)14-3/h12,14H,4-11H2,1-3H3. The summed E-state index contributed by atoms with van der Waals surface area (Å²) >= 11 is 0. The number of rotatable bonds is 5. The molecule has 14 heavy (non-hydrogen) atoms. The Balaban J connectivity index is 2.55. The van der Waals surface area contributed by atoms with Crippen LogP contribution in [0.1, 0.15) is 65.2 Å². The first kappa shape index (κ1) is 12.5. The average Bonchev–Trinajstić information content (AvgIpc) is 2.19. The van der Waals surface area contributed by atoms with E-state index in [0.717, 1.165) is 11.1 Å². The van der Waals surface area contributed by atoms with Gasteiger partial charge in [0.05, 0.1) is 0 Å². The molecule has 0 radical (unpaired) electrons. The van der Waals surface area contributed by atoms with Crippen molar-refractivity contribution in [3.63, 3.8) is 0 Å². The second-order valence-electron chi connectivity index (χ2n) is 5.08. The molecular formula is C13H27P. The Morgan fingerprint density at radius 1 is 1.21 bits per heavy atom. The third-order valence-corrected chi connectivity index (χ3v) is 5.22. The van der Waals surface area contributed by atoms with Crippen LogP contribution >= 0.6 is 8.58 Å². The van der Waals surface area contributed by atoms with Crippen molar-refractivity contribution in [3.8, 4) is 0 Å². The first-order valence-corrected chi connectivity index (χ1v) is 8.01. The molecule has 0 aliphatic heterocycles. The number of hydrogen-bond acceptors (Lipinski definition) is 0. The summed E-state index contributed by atoms with van der Waals surface area (Å²) in [6, 6.07) is 0. The maximum absolute atomic E-state index is 2.40. The quantitative estimate of drug-likeness (QED) is 0.575. The fourth-order valence-corrected chi connectivity index (χ4v) is 4.47. The van der Waals surface area contributed by atoms with E-state index in [1.807, 2.05) is 0 Å². The third kappa shape index (κ3) is 3.23. The van der Waals surface area contributed by atoms with Gasteiger partial charge in [-0.1, -0.05) is 33.1 Å². The van der Waals surface area contributed by atoms with E-state index < -0.39 is 0 Å². The van der Waals surface area contributed by atoms with Crippen molar-refractivity contribution in [2.45, 2.75) is 70.9 Å². The lowest BCUT2D eigenvalue weighted by Gasteiger charge is -2.41. The van der Waals surface area contributed by atoms with E-state index in [0.29, 0.717) is 0 Å². The van der Waals surface area contributed by atoms with Crippen LogP contribution in [0.15, 0.2) is 0 Å². The molecule has 84 valence electrons. The average molecular weight is 214 g/mol. The molecule has 1 heteroatoms. The molecule has 2 atom stereocenters. The minimum atomic E-state index is 0.759. The van der Waals surface area contributed by atoms with Crippen LogP contribution in [-0.2, 0) is 0 Å². The summed E-state index contributed by atoms with van der Waals surface area (Å²) in [7, 11) is 1.18. The van der Waals surface area contributed by atoms with E-state index in [2.05, 4.69) is 20.5 Å². The van der Waals surface area contributed by atoms with Gasteiger partial charge in [-0.2, -0.15) is 0 Å². The molecule has 0 aromatic carbocycles. The van der Waals surface area contributed by atoms with Crippen LogP contribution in [0.3, 0.4) is 0 Å². The molecule has 2 unspecified atom stereocenters. The summed E-state index contributed by atoms with van der Waals surface area (Å²) < 4.78 is 0. The Morgan fingerprint density at radius 2 is 1.86 bits per heavy atom. The van der Waals surface area contributed by atoms with Gasteiger partial charge in [-0.15, -0.1) is 8.58 Å². The zero-order valence-electron chi connectivity index (χ0n) is 10.2. The van der Waals surface area contributed by atoms with E-state index in [-0.39, 0.29) is 0 Å². The van der Waals surface area contributed by atoms with Gasteiger partial charge >= 0.3 is 0 Å². The molecule has 0 saturated heterocycles. The summed E-state index contributed by atoms with van der Waals surface area (Å²) in [5.74, 6) is 0. The van der Waals surface area contributed by atoms with E-state index in [4.69, 9.17) is 0 Å². The van der Waals surface area contributed by atoms with Crippen LogP contribution in [0.2, 0.25) is 0 Å². The maximum Gasteiger partial charge on any atom is -0.0234 e. The highest BCUT2D eigenvalue weighted by Crippen LogP contribution is 2.47. The lowest BCUT2D eigenvalue weighted by Crippen LogP contribution is -2.29. The zero-order chi connectivity index (χ0) is 10.4. The SMILES string of the molecule is CCCC1(CCC)CCCC(PC)C1. The Bertz CT molecular complexity index is 142. The van der Waals surface area contributed by atoms with Gasteiger partial charge < -0.3 is 0 Å². The molecule has 0 aromatic rings. The van der Waals surface area contributed by atoms with Gasteiger partial charge in [-0.3, -0.25) is 0 Å². The summed E-state index contributed by atoms with van der Waals surface area (Å²) in [6.07, 6.45) is 11.8. The van der Waals surface area contributed by atoms with Crippen molar-refractivity contribution >= 4 is 8.58 Å². The molecular weight excluding hydrogens is 187 g/mol. The molecule has 0 bridgehead atoms. The van der Waals surface area contributed by atoms with Crippen LogP contribution < -0.4 is 0 Å². The molecule has 0 spiro atoms. The maximum atomic E-state index is 2.40. The van der Waals surface area contributed by atoms with Gasteiger partial charge in [-0.05, 0) is 49.8 Å². The number of hydrogen-bond donors (Lipinski definition) is 0. The van der Waals surface area contributed by atoms with Gasteiger partial charge in [0.1, 0.15) is 0 Å². The minimum absolute atomic E-state index is 0.759. The highest BCUT2D eigenvalue weighted by molar-refractivity contribution is 7.37. The smallest absolute Gasteiger partial charge is 0.0234 e. The molecule has 0 aromatic heterocycles. The van der Waals surface area contributed by atoms with Crippen molar-refractivity contribution in [1.29, 1.82) is 0 Å². The monoisotopic (exact) mass is 214 g/mol. The molecule has 0 heterocycles. The molecule has 1 aliphatic rings. The predicted octanol–water partition coefficient (Wildman–Crippen LogP) is 4.82. The molecule has 1 aliphatic carbocycles. The Morgan fingerprint density at radius 3 is 2.36 bits per heavy atom. The molecule has 0 N–H and O–H groups in total. The van der Waals surface area contributed by atoms with Crippen LogP contribution in [-0.4, -0.2) is 12.3 Å². The first-order valence-electron chi connectivity index (χ1n) is 6.43. The first-order chi connectivity index (χ1) is 6.76. The topological polar surface area (TPSA) is 0 Å². The Hall–Kier alpha value is 0.430. The molecule has 0 nitrogen and oxygen atoms in total. The lowest BCUT2D eigenvalue weighted by molar-refractivity contribution is 0.158. The summed E-state index contributed by atoms with van der Waals surface area (Å²) in [4.78, 5) is 0. The second-order valence-corrected chi connectivity index (χ2v) is 6.48. The largest absolute Gasteiger partial charge is 0.122 e. The van der Waals surface area contributed by atoms with Gasteiger partial charge in [0.25, 0.3) is 0 Å². The van der Waals surface area contributed by atoms with Crippen molar-refractivity contribution in [3.05, 3.63) is 0 Å². The normalized spacial score (nSPS) is 27.2. The predicted molar refractivity (Wildman–Crippen MR) is 68.7 cm³/mol. The Labute approximate surface area is 92.0 Å². The fraction of sp³-hybridized carbons (Fsp3) is 1.00. The zero-order valence-corrected chi connectivity index (χ0v) is 11.2. The summed E-state index contributed by atoms with van der Waals surface area (Å²) in [5.41, 5.74) is 1.83. The lowest BCUT2D eigenvalue weighted by atomic mass is 9.68. The highest BCUT2D eigenvalue weighted by atomic mass is 31.1. The van der Waals surface area contributed by atoms with Crippen molar-refractivity contribution in [2.24, 2.45) is 5.41 Å². The van der Waals surface area contributed by atoms with Crippen LogP contribution in [0.25, 0.3) is 0 Å². The highest BCUT2D eigenvalue weighted by Gasteiger charge is 2.33. The van der Waals surface area contributed by atoms with E-state index >= 15 is 0 Å². The van der Waals surface area contributed by atoms with Crippen LogP contribution in [0.5, 0.6) is 0 Å². The van der Waals surface area contributed by atoms with E-state index in [1.54, 1.807) is 6.42 Å². The third-order valence-electron chi connectivity index (χ3n) is 3.91. The van der Waals surface area contributed by atoms with Crippen molar-refractivity contribution < 1.29 is 0 Å². The van der Waals surface area contributed by atoms with Crippen LogP contribution in [0.4, 0.5) is 0 Å². The fourth-order valence-electron chi connectivity index (χ4n) is 3.34. The Kier molecular flexibility index (Phi) is 5.45. The van der Waals surface area contributed by atoms with Gasteiger partial charge in [0.2, 0.25) is 0 Å². The van der Waals surface area contributed by atoms with Crippen LogP contribution in [0, 0.1) is 5.41 Å². The summed E-state index contributed by atoms with van der Waals surface area (Å²) in [6.45, 7) is 7.11. The molecule has 1 fully saturated rings. The van der Waals surface area contributed by atoms with E-state index in [9.17, 15) is 0 Å². The molecule has 0 amide bonds. The van der Waals surface area contributed by atoms with E-state index in [1.165, 1.54) is 53.5 Å². The summed E-state index contributed by atoms with van der Waals surface area (Å²) in [5, 5.41) is 0. The van der Waals surface area contributed by atoms with Crippen molar-refractivity contribution in [2.75, 3.05) is 6.66 Å². The van der Waals surface area contributed by atoms with Gasteiger partial charge in [-0.25, -0.2) is 0 Å². The van der Waals surface area contributed by atoms with Crippen molar-refractivity contribution in [1.82, 2.24) is 0 Å². The minimum Gasteiger partial charge on any atom is -0.122 e.